The number of aliphatic hydroxyl groups excluding tert-OH is 1. The van der Waals surface area contributed by atoms with E-state index in [1.54, 1.807) is 6.08 Å². The average molecular weight is 217 g/mol. The normalized spacial score (nSPS) is 21.8. The number of allylic oxidation sites excluding steroid dienone is 5. The fourth-order valence-corrected chi connectivity index (χ4v) is 2.19. The molecule has 86 valence electrons. The summed E-state index contributed by atoms with van der Waals surface area (Å²) < 4.78 is 0. The molecule has 2 nitrogen and oxygen atoms in total. The molecule has 0 spiro atoms. The Labute approximate surface area is 97.6 Å². The lowest BCUT2D eigenvalue weighted by Crippen LogP contribution is -2.14. The van der Waals surface area contributed by atoms with E-state index < -0.39 is 0 Å². The zero-order valence-corrected chi connectivity index (χ0v) is 10.6. The molecular weight excluding hydrogens is 198 g/mol. The van der Waals surface area contributed by atoms with Crippen LogP contribution in [0.25, 0.3) is 0 Å². The van der Waals surface area contributed by atoms with Crippen molar-refractivity contribution in [3.8, 4) is 6.07 Å². The molecule has 0 saturated carbocycles. The third kappa shape index (κ3) is 2.19. The second-order valence-electron chi connectivity index (χ2n) is 5.01. The Morgan fingerprint density at radius 3 is 2.44 bits per heavy atom. The van der Waals surface area contributed by atoms with Crippen molar-refractivity contribution < 1.29 is 5.11 Å². The highest BCUT2D eigenvalue weighted by molar-refractivity contribution is 5.46. The van der Waals surface area contributed by atoms with Crippen molar-refractivity contribution in [1.29, 1.82) is 5.26 Å². The summed E-state index contributed by atoms with van der Waals surface area (Å²) in [4.78, 5) is 0. The summed E-state index contributed by atoms with van der Waals surface area (Å²) in [6.07, 6.45) is 3.57. The van der Waals surface area contributed by atoms with Crippen LogP contribution < -0.4 is 0 Å². The summed E-state index contributed by atoms with van der Waals surface area (Å²) in [7, 11) is 0. The first-order valence-corrected chi connectivity index (χ1v) is 5.51. The monoisotopic (exact) mass is 217 g/mol. The molecule has 0 aromatic heterocycles. The fourth-order valence-electron chi connectivity index (χ4n) is 2.19. The van der Waals surface area contributed by atoms with Crippen LogP contribution in [0.15, 0.2) is 34.6 Å². The Bertz CT molecular complexity index is 430. The molecule has 0 aromatic rings. The lowest BCUT2D eigenvalue weighted by atomic mass is 9.79. The first-order valence-electron chi connectivity index (χ1n) is 5.51. The molecule has 16 heavy (non-hydrogen) atoms. The molecule has 0 saturated heterocycles. The van der Waals surface area contributed by atoms with Gasteiger partial charge in [0.15, 0.2) is 0 Å². The van der Waals surface area contributed by atoms with Gasteiger partial charge in [0.1, 0.15) is 5.76 Å². The fraction of sp³-hybridized carbons (Fsp3) is 0.500. The Morgan fingerprint density at radius 1 is 1.38 bits per heavy atom. The van der Waals surface area contributed by atoms with Gasteiger partial charge in [0.05, 0.1) is 12.0 Å². The maximum Gasteiger partial charge on any atom is 0.112 e. The lowest BCUT2D eigenvalue weighted by molar-refractivity contribution is 0.415. The molecule has 1 aliphatic carbocycles. The van der Waals surface area contributed by atoms with Gasteiger partial charge in [0.2, 0.25) is 0 Å². The van der Waals surface area contributed by atoms with Crippen LogP contribution in [0.1, 0.15) is 34.6 Å². The van der Waals surface area contributed by atoms with Crippen molar-refractivity contribution in [2.24, 2.45) is 11.3 Å². The van der Waals surface area contributed by atoms with Crippen molar-refractivity contribution >= 4 is 0 Å². The minimum absolute atomic E-state index is 0.144. The van der Waals surface area contributed by atoms with Crippen LogP contribution in [-0.2, 0) is 0 Å². The summed E-state index contributed by atoms with van der Waals surface area (Å²) >= 11 is 0. The maximum atomic E-state index is 9.76. The molecule has 1 N–H and O–H groups in total. The number of nitrogens with zero attached hydrogens (tertiary/aromatic N) is 1. The van der Waals surface area contributed by atoms with Crippen LogP contribution in [0.2, 0.25) is 0 Å². The Kier molecular flexibility index (Phi) is 3.28. The summed E-state index contributed by atoms with van der Waals surface area (Å²) in [6, 6.07) is 2.27. The van der Waals surface area contributed by atoms with E-state index in [1.165, 1.54) is 0 Å². The van der Waals surface area contributed by atoms with Crippen molar-refractivity contribution in [1.82, 2.24) is 0 Å². The lowest BCUT2D eigenvalue weighted by Gasteiger charge is -2.25. The van der Waals surface area contributed by atoms with E-state index in [1.807, 2.05) is 26.8 Å². The molecule has 0 heterocycles. The van der Waals surface area contributed by atoms with Crippen LogP contribution in [0.4, 0.5) is 0 Å². The highest BCUT2D eigenvalue weighted by atomic mass is 16.3. The minimum atomic E-state index is -0.210. The van der Waals surface area contributed by atoms with Crippen molar-refractivity contribution in [3.05, 3.63) is 34.6 Å². The zero-order chi connectivity index (χ0) is 12.5. The van der Waals surface area contributed by atoms with Crippen molar-refractivity contribution in [2.75, 3.05) is 0 Å². The first kappa shape index (κ1) is 12.6. The second kappa shape index (κ2) is 4.17. The topological polar surface area (TPSA) is 44.0 Å². The van der Waals surface area contributed by atoms with Gasteiger partial charge in [-0.1, -0.05) is 19.4 Å². The summed E-state index contributed by atoms with van der Waals surface area (Å²) in [5, 5.41) is 18.8. The molecule has 1 aliphatic rings. The zero-order valence-electron chi connectivity index (χ0n) is 10.6. The van der Waals surface area contributed by atoms with Crippen LogP contribution >= 0.6 is 0 Å². The van der Waals surface area contributed by atoms with Crippen LogP contribution in [0, 0.1) is 22.7 Å². The number of aliphatic hydroxyl groups is 1. The van der Waals surface area contributed by atoms with Gasteiger partial charge in [0, 0.05) is 5.41 Å². The largest absolute Gasteiger partial charge is 0.508 e. The third-order valence-electron chi connectivity index (χ3n) is 3.30. The van der Waals surface area contributed by atoms with Gasteiger partial charge in [-0.2, -0.15) is 5.26 Å². The Hall–Kier alpha value is -1.49. The van der Waals surface area contributed by atoms with E-state index in [9.17, 15) is 5.11 Å². The summed E-state index contributed by atoms with van der Waals surface area (Å²) in [5.41, 5.74) is 2.97. The minimum Gasteiger partial charge on any atom is -0.508 e. The molecule has 0 aliphatic heterocycles. The van der Waals surface area contributed by atoms with E-state index >= 15 is 0 Å². The average Bonchev–Trinajstić information content (AvgIpc) is 2.22. The van der Waals surface area contributed by atoms with Crippen molar-refractivity contribution in [3.63, 3.8) is 0 Å². The van der Waals surface area contributed by atoms with Crippen LogP contribution in [0.5, 0.6) is 0 Å². The third-order valence-corrected chi connectivity index (χ3v) is 3.30. The van der Waals surface area contributed by atoms with E-state index in [0.717, 1.165) is 16.7 Å². The Morgan fingerprint density at radius 2 is 1.94 bits per heavy atom. The molecule has 1 atom stereocenters. The SMILES string of the molecule is CC1=CC(O)=CC(C)(C)C(C)=C1C(C)C#N. The van der Waals surface area contributed by atoms with Gasteiger partial charge in [-0.05, 0) is 44.1 Å². The van der Waals surface area contributed by atoms with Gasteiger partial charge in [0.25, 0.3) is 0 Å². The van der Waals surface area contributed by atoms with E-state index in [4.69, 9.17) is 5.26 Å². The molecular formula is C14H19NO. The molecule has 2 heteroatoms. The van der Waals surface area contributed by atoms with Gasteiger partial charge >= 0.3 is 0 Å². The number of nitriles is 1. The van der Waals surface area contributed by atoms with Crippen molar-refractivity contribution in [2.45, 2.75) is 34.6 Å². The number of hydrogen-bond donors (Lipinski definition) is 1. The first-order chi connectivity index (χ1) is 7.29. The predicted octanol–water partition coefficient (Wildman–Crippen LogP) is 3.89. The molecule has 0 radical (unpaired) electrons. The highest BCUT2D eigenvalue weighted by Gasteiger charge is 2.26. The Balaban J connectivity index is 3.44. The van der Waals surface area contributed by atoms with Gasteiger partial charge in [-0.3, -0.25) is 0 Å². The van der Waals surface area contributed by atoms with Crippen LogP contribution in [0.3, 0.4) is 0 Å². The van der Waals surface area contributed by atoms with E-state index in [2.05, 4.69) is 19.9 Å². The molecule has 0 aromatic carbocycles. The number of rotatable bonds is 1. The van der Waals surface area contributed by atoms with Gasteiger partial charge in [-0.15, -0.1) is 0 Å². The second-order valence-corrected chi connectivity index (χ2v) is 5.01. The molecule has 1 rings (SSSR count). The van der Waals surface area contributed by atoms with E-state index in [-0.39, 0.29) is 17.1 Å². The maximum absolute atomic E-state index is 9.76. The van der Waals surface area contributed by atoms with Crippen LogP contribution in [-0.4, -0.2) is 5.11 Å². The standard InChI is InChI=1S/C14H19NO/c1-9-6-12(16)7-14(4,5)11(3)13(9)10(2)8-15/h6-7,10,16H,1-5H3. The smallest absolute Gasteiger partial charge is 0.112 e. The van der Waals surface area contributed by atoms with Gasteiger partial charge in [-0.25, -0.2) is 0 Å². The molecule has 0 fully saturated rings. The predicted molar refractivity (Wildman–Crippen MR) is 65.7 cm³/mol. The van der Waals surface area contributed by atoms with Gasteiger partial charge < -0.3 is 5.11 Å². The quantitative estimate of drug-likeness (QED) is 0.724. The molecule has 0 bridgehead atoms. The highest BCUT2D eigenvalue weighted by Crippen LogP contribution is 2.38. The summed E-state index contributed by atoms with van der Waals surface area (Å²) in [5.74, 6) is 0.136. The number of hydrogen-bond acceptors (Lipinski definition) is 2. The summed E-state index contributed by atoms with van der Waals surface area (Å²) in [6.45, 7) is 9.98. The molecule has 0 amide bonds. The van der Waals surface area contributed by atoms with E-state index in [0.29, 0.717) is 0 Å². The molecule has 1 unspecified atom stereocenters.